The highest BCUT2D eigenvalue weighted by molar-refractivity contribution is 5.27. The van der Waals surface area contributed by atoms with Crippen LogP contribution in [0.4, 0.5) is 0 Å². The highest BCUT2D eigenvalue weighted by Gasteiger charge is 2.06. The van der Waals surface area contributed by atoms with Gasteiger partial charge in [-0.15, -0.1) is 0 Å². The molecule has 1 rings (SSSR count). The minimum Gasteiger partial charge on any atom is -0.494 e. The van der Waals surface area contributed by atoms with E-state index in [4.69, 9.17) is 4.74 Å². The molecule has 1 N–H and O–H groups in total. The Bertz CT molecular complexity index is 334. The Hall–Kier alpha value is -1.02. The fourth-order valence-corrected chi connectivity index (χ4v) is 2.07. The Morgan fingerprint density at radius 1 is 1.11 bits per heavy atom. The first-order valence-electron chi connectivity index (χ1n) is 7.60. The van der Waals surface area contributed by atoms with Crippen molar-refractivity contribution in [2.75, 3.05) is 6.61 Å². The molecule has 1 aromatic carbocycles. The number of nitrogens with one attached hydrogen (secondary N) is 1. The van der Waals surface area contributed by atoms with Crippen LogP contribution < -0.4 is 10.1 Å². The molecule has 2 heteroatoms. The van der Waals surface area contributed by atoms with Crippen molar-refractivity contribution in [3.8, 4) is 5.75 Å². The van der Waals surface area contributed by atoms with Crippen LogP contribution >= 0.6 is 0 Å². The van der Waals surface area contributed by atoms with E-state index in [1.165, 1.54) is 18.4 Å². The van der Waals surface area contributed by atoms with Crippen LogP contribution in [0.1, 0.15) is 52.5 Å². The Morgan fingerprint density at radius 3 is 2.37 bits per heavy atom. The molecule has 0 radical (unpaired) electrons. The highest BCUT2D eigenvalue weighted by Crippen LogP contribution is 2.13. The van der Waals surface area contributed by atoms with Crippen molar-refractivity contribution in [1.29, 1.82) is 0 Å². The summed E-state index contributed by atoms with van der Waals surface area (Å²) in [5, 5.41) is 3.59. The third-order valence-corrected chi connectivity index (χ3v) is 3.50. The van der Waals surface area contributed by atoms with E-state index in [9.17, 15) is 0 Å². The van der Waals surface area contributed by atoms with Crippen LogP contribution in [0, 0.1) is 5.92 Å². The second-order valence-electron chi connectivity index (χ2n) is 5.52. The molecule has 19 heavy (non-hydrogen) atoms. The van der Waals surface area contributed by atoms with Crippen LogP contribution in [0.5, 0.6) is 5.75 Å². The molecule has 0 amide bonds. The predicted octanol–water partition coefficient (Wildman–Crippen LogP) is 4.39. The summed E-state index contributed by atoms with van der Waals surface area (Å²) in [5.41, 5.74) is 1.32. The smallest absolute Gasteiger partial charge is 0.119 e. The molecule has 0 aliphatic rings. The SMILES string of the molecule is CCCOc1ccc(CNC(C)CC(C)CC)cc1. The minimum atomic E-state index is 0.575. The fraction of sp³-hybridized carbons (Fsp3) is 0.647. The van der Waals surface area contributed by atoms with Crippen molar-refractivity contribution >= 4 is 0 Å². The maximum Gasteiger partial charge on any atom is 0.119 e. The first kappa shape index (κ1) is 16.0. The van der Waals surface area contributed by atoms with E-state index >= 15 is 0 Å². The number of ether oxygens (including phenoxy) is 1. The van der Waals surface area contributed by atoms with Gasteiger partial charge in [0.2, 0.25) is 0 Å². The van der Waals surface area contributed by atoms with Crippen LogP contribution in [-0.4, -0.2) is 12.6 Å². The number of benzene rings is 1. The first-order valence-corrected chi connectivity index (χ1v) is 7.60. The van der Waals surface area contributed by atoms with Gasteiger partial charge in [-0.3, -0.25) is 0 Å². The van der Waals surface area contributed by atoms with Crippen molar-refractivity contribution in [1.82, 2.24) is 5.32 Å². The minimum absolute atomic E-state index is 0.575. The van der Waals surface area contributed by atoms with E-state index in [1.807, 2.05) is 0 Å². The summed E-state index contributed by atoms with van der Waals surface area (Å²) in [6.07, 6.45) is 3.56. The largest absolute Gasteiger partial charge is 0.494 e. The van der Waals surface area contributed by atoms with Crippen LogP contribution in [0.2, 0.25) is 0 Å². The van der Waals surface area contributed by atoms with Crippen molar-refractivity contribution < 1.29 is 4.74 Å². The average molecular weight is 263 g/mol. The molecule has 2 atom stereocenters. The van der Waals surface area contributed by atoms with Crippen molar-refractivity contribution in [2.24, 2.45) is 5.92 Å². The zero-order valence-electron chi connectivity index (χ0n) is 12.9. The average Bonchev–Trinajstić information content (AvgIpc) is 2.43. The Balaban J connectivity index is 2.32. The van der Waals surface area contributed by atoms with Crippen molar-refractivity contribution in [3.63, 3.8) is 0 Å². The first-order chi connectivity index (χ1) is 9.15. The summed E-state index contributed by atoms with van der Waals surface area (Å²) >= 11 is 0. The molecule has 2 unspecified atom stereocenters. The zero-order chi connectivity index (χ0) is 14.1. The number of rotatable bonds is 9. The van der Waals surface area contributed by atoms with E-state index in [0.29, 0.717) is 6.04 Å². The lowest BCUT2D eigenvalue weighted by Crippen LogP contribution is -2.27. The molecule has 0 heterocycles. The second-order valence-corrected chi connectivity index (χ2v) is 5.52. The van der Waals surface area contributed by atoms with Gasteiger partial charge in [0.05, 0.1) is 6.61 Å². The third-order valence-electron chi connectivity index (χ3n) is 3.50. The van der Waals surface area contributed by atoms with Gasteiger partial charge >= 0.3 is 0 Å². The van der Waals surface area contributed by atoms with E-state index in [0.717, 1.165) is 31.2 Å². The molecule has 0 saturated heterocycles. The molecule has 0 bridgehead atoms. The number of hydrogen-bond donors (Lipinski definition) is 1. The van der Waals surface area contributed by atoms with Gasteiger partial charge in [0.25, 0.3) is 0 Å². The van der Waals surface area contributed by atoms with E-state index in [-0.39, 0.29) is 0 Å². The molecule has 2 nitrogen and oxygen atoms in total. The third kappa shape index (κ3) is 6.63. The standard InChI is InChI=1S/C17H29NO/c1-5-11-19-17-9-7-16(8-10-17)13-18-15(4)12-14(3)6-2/h7-10,14-15,18H,5-6,11-13H2,1-4H3. The maximum absolute atomic E-state index is 5.58. The lowest BCUT2D eigenvalue weighted by molar-refractivity contribution is 0.317. The highest BCUT2D eigenvalue weighted by atomic mass is 16.5. The molecule has 0 saturated carbocycles. The van der Waals surface area contributed by atoms with Gasteiger partial charge in [0.15, 0.2) is 0 Å². The van der Waals surface area contributed by atoms with Crippen molar-refractivity contribution in [3.05, 3.63) is 29.8 Å². The van der Waals surface area contributed by atoms with Crippen LogP contribution in [-0.2, 0) is 6.54 Å². The lowest BCUT2D eigenvalue weighted by Gasteiger charge is -2.17. The quantitative estimate of drug-likeness (QED) is 0.713. The van der Waals surface area contributed by atoms with E-state index in [1.54, 1.807) is 0 Å². The Labute approximate surface area is 118 Å². The molecule has 108 valence electrons. The van der Waals surface area contributed by atoms with Gasteiger partial charge in [-0.25, -0.2) is 0 Å². The van der Waals surface area contributed by atoms with Gasteiger partial charge < -0.3 is 10.1 Å². The molecular formula is C17H29NO. The summed E-state index contributed by atoms with van der Waals surface area (Å²) in [4.78, 5) is 0. The van der Waals surface area contributed by atoms with Gasteiger partial charge in [0.1, 0.15) is 5.75 Å². The Kier molecular flexibility index (Phi) is 7.57. The predicted molar refractivity (Wildman–Crippen MR) is 82.6 cm³/mol. The summed E-state index contributed by atoms with van der Waals surface area (Å²) in [5.74, 6) is 1.77. The van der Waals surface area contributed by atoms with E-state index in [2.05, 4.69) is 57.3 Å². The van der Waals surface area contributed by atoms with Gasteiger partial charge in [-0.05, 0) is 43.4 Å². The normalized spacial score (nSPS) is 14.1. The lowest BCUT2D eigenvalue weighted by atomic mass is 10.0. The molecule has 0 aromatic heterocycles. The molecular weight excluding hydrogens is 234 g/mol. The zero-order valence-corrected chi connectivity index (χ0v) is 12.9. The van der Waals surface area contributed by atoms with Crippen LogP contribution in [0.15, 0.2) is 24.3 Å². The molecule has 0 spiro atoms. The molecule has 0 aliphatic carbocycles. The summed E-state index contributed by atoms with van der Waals surface area (Å²) in [7, 11) is 0. The fourth-order valence-electron chi connectivity index (χ4n) is 2.07. The monoisotopic (exact) mass is 263 g/mol. The number of hydrogen-bond acceptors (Lipinski definition) is 2. The molecule has 0 aliphatic heterocycles. The molecule has 1 aromatic rings. The molecule has 0 fully saturated rings. The van der Waals surface area contributed by atoms with Crippen LogP contribution in [0.25, 0.3) is 0 Å². The van der Waals surface area contributed by atoms with Gasteiger partial charge in [0, 0.05) is 12.6 Å². The van der Waals surface area contributed by atoms with Gasteiger partial charge in [-0.2, -0.15) is 0 Å². The van der Waals surface area contributed by atoms with Gasteiger partial charge in [-0.1, -0.05) is 39.3 Å². The second kappa shape index (κ2) is 8.98. The Morgan fingerprint density at radius 2 is 1.79 bits per heavy atom. The summed E-state index contributed by atoms with van der Waals surface area (Å²) in [6, 6.07) is 8.99. The summed E-state index contributed by atoms with van der Waals surface area (Å²) in [6.45, 7) is 10.7. The maximum atomic E-state index is 5.58. The summed E-state index contributed by atoms with van der Waals surface area (Å²) < 4.78 is 5.58. The van der Waals surface area contributed by atoms with Crippen molar-refractivity contribution in [2.45, 2.75) is 59.5 Å². The van der Waals surface area contributed by atoms with Crippen LogP contribution in [0.3, 0.4) is 0 Å². The topological polar surface area (TPSA) is 21.3 Å². The van der Waals surface area contributed by atoms with E-state index < -0.39 is 0 Å².